The van der Waals surface area contributed by atoms with Gasteiger partial charge in [-0.15, -0.1) is 0 Å². The summed E-state index contributed by atoms with van der Waals surface area (Å²) in [6, 6.07) is 8.99. The molecule has 2 nitrogen and oxygen atoms in total. The maximum atomic E-state index is 5.65. The van der Waals surface area contributed by atoms with E-state index < -0.39 is 0 Å². The van der Waals surface area contributed by atoms with Gasteiger partial charge in [-0.3, -0.25) is 0 Å². The Kier molecular flexibility index (Phi) is 5.45. The lowest BCUT2D eigenvalue weighted by molar-refractivity contribution is 0.104. The zero-order valence-corrected chi connectivity index (χ0v) is 14.2. The summed E-state index contributed by atoms with van der Waals surface area (Å²) in [6.07, 6.45) is 1.58. The lowest BCUT2D eigenvalue weighted by Gasteiger charge is -2.32. The standard InChI is InChI=1S/C19H30O2/c1-14(2)10-18(19(3,4)5)16-8-6-15(7-9-16)11-20-12-17-13-21-17/h6-9,14,17-18H,10-13H2,1-5H3. The Balaban J connectivity index is 1.96. The second-order valence-corrected chi connectivity index (χ2v) is 7.76. The number of rotatable bonds is 7. The van der Waals surface area contributed by atoms with E-state index in [-0.39, 0.29) is 0 Å². The molecule has 2 atom stereocenters. The smallest absolute Gasteiger partial charge is 0.104 e. The van der Waals surface area contributed by atoms with E-state index in [0.717, 1.165) is 19.1 Å². The summed E-state index contributed by atoms with van der Waals surface area (Å²) in [5.74, 6) is 1.32. The van der Waals surface area contributed by atoms with Crippen LogP contribution in [0.4, 0.5) is 0 Å². The zero-order valence-electron chi connectivity index (χ0n) is 14.2. The summed E-state index contributed by atoms with van der Waals surface area (Å²) >= 11 is 0. The SMILES string of the molecule is CC(C)CC(c1ccc(COCC2CO2)cc1)C(C)(C)C. The van der Waals surface area contributed by atoms with Gasteiger partial charge in [0.2, 0.25) is 0 Å². The van der Waals surface area contributed by atoms with Crippen molar-refractivity contribution in [1.29, 1.82) is 0 Å². The molecule has 118 valence electrons. The second kappa shape index (κ2) is 6.93. The first-order chi connectivity index (χ1) is 9.86. The van der Waals surface area contributed by atoms with Gasteiger partial charge in [0.05, 0.1) is 19.8 Å². The number of epoxide rings is 1. The van der Waals surface area contributed by atoms with Crippen molar-refractivity contribution in [3.05, 3.63) is 35.4 Å². The van der Waals surface area contributed by atoms with Crippen molar-refractivity contribution in [1.82, 2.24) is 0 Å². The highest BCUT2D eigenvalue weighted by Gasteiger charge is 2.27. The monoisotopic (exact) mass is 290 g/mol. The molecule has 0 spiro atoms. The maximum Gasteiger partial charge on any atom is 0.104 e. The first-order valence-electron chi connectivity index (χ1n) is 8.14. The molecule has 1 aromatic carbocycles. The molecule has 2 unspecified atom stereocenters. The van der Waals surface area contributed by atoms with Gasteiger partial charge in [-0.1, -0.05) is 58.9 Å². The van der Waals surface area contributed by atoms with Gasteiger partial charge in [-0.25, -0.2) is 0 Å². The minimum absolute atomic E-state index is 0.297. The van der Waals surface area contributed by atoms with E-state index in [1.807, 2.05) is 0 Å². The molecule has 0 saturated carbocycles. The molecule has 1 heterocycles. The van der Waals surface area contributed by atoms with Crippen molar-refractivity contribution in [2.45, 2.75) is 59.7 Å². The molecular formula is C19H30O2. The third kappa shape index (κ3) is 5.44. The normalized spacial score (nSPS) is 19.8. The van der Waals surface area contributed by atoms with Crippen molar-refractivity contribution < 1.29 is 9.47 Å². The molecule has 0 N–H and O–H groups in total. The Bertz CT molecular complexity index is 424. The molecule has 0 bridgehead atoms. The number of benzene rings is 1. The summed E-state index contributed by atoms with van der Waals surface area (Å²) in [4.78, 5) is 0. The Morgan fingerprint density at radius 3 is 2.29 bits per heavy atom. The molecule has 0 aromatic heterocycles. The predicted octanol–water partition coefficient (Wildman–Crippen LogP) is 4.78. The summed E-state index contributed by atoms with van der Waals surface area (Å²) < 4.78 is 10.8. The Labute approximate surface area is 129 Å². The highest BCUT2D eigenvalue weighted by molar-refractivity contribution is 5.26. The van der Waals surface area contributed by atoms with Gasteiger partial charge in [0.15, 0.2) is 0 Å². The minimum Gasteiger partial charge on any atom is -0.374 e. The molecule has 1 saturated heterocycles. The van der Waals surface area contributed by atoms with Gasteiger partial charge >= 0.3 is 0 Å². The molecule has 2 rings (SSSR count). The van der Waals surface area contributed by atoms with Crippen LogP contribution in [0.25, 0.3) is 0 Å². The largest absolute Gasteiger partial charge is 0.374 e. The van der Waals surface area contributed by atoms with E-state index in [4.69, 9.17) is 9.47 Å². The Morgan fingerprint density at radius 2 is 1.81 bits per heavy atom. The number of hydrogen-bond donors (Lipinski definition) is 0. The number of ether oxygens (including phenoxy) is 2. The zero-order chi connectivity index (χ0) is 15.5. The third-order valence-corrected chi connectivity index (χ3v) is 4.11. The van der Waals surface area contributed by atoms with Gasteiger partial charge < -0.3 is 9.47 Å². The molecule has 1 aromatic rings. The first-order valence-corrected chi connectivity index (χ1v) is 8.14. The highest BCUT2D eigenvalue weighted by Crippen LogP contribution is 2.39. The average molecular weight is 290 g/mol. The Hall–Kier alpha value is -0.860. The molecule has 0 amide bonds. The van der Waals surface area contributed by atoms with Crippen molar-refractivity contribution in [2.24, 2.45) is 11.3 Å². The van der Waals surface area contributed by atoms with Crippen LogP contribution in [0.3, 0.4) is 0 Å². The van der Waals surface area contributed by atoms with Crippen LogP contribution in [0.5, 0.6) is 0 Å². The summed E-state index contributed by atoms with van der Waals surface area (Å²) in [7, 11) is 0. The first kappa shape index (κ1) is 16.5. The fourth-order valence-electron chi connectivity index (χ4n) is 2.78. The van der Waals surface area contributed by atoms with Crippen LogP contribution in [-0.4, -0.2) is 19.3 Å². The molecular weight excluding hydrogens is 260 g/mol. The van der Waals surface area contributed by atoms with Crippen molar-refractivity contribution >= 4 is 0 Å². The average Bonchev–Trinajstić information content (AvgIpc) is 3.20. The highest BCUT2D eigenvalue weighted by atomic mass is 16.6. The molecule has 21 heavy (non-hydrogen) atoms. The summed E-state index contributed by atoms with van der Waals surface area (Å²) in [5.41, 5.74) is 2.99. The summed E-state index contributed by atoms with van der Waals surface area (Å²) in [5, 5.41) is 0. The molecule has 2 heteroatoms. The van der Waals surface area contributed by atoms with Crippen LogP contribution in [-0.2, 0) is 16.1 Å². The van der Waals surface area contributed by atoms with E-state index in [0.29, 0.717) is 24.0 Å². The van der Waals surface area contributed by atoms with Crippen LogP contribution in [0.1, 0.15) is 58.1 Å². The van der Waals surface area contributed by atoms with E-state index in [2.05, 4.69) is 58.9 Å². The fourth-order valence-corrected chi connectivity index (χ4v) is 2.78. The van der Waals surface area contributed by atoms with Crippen molar-refractivity contribution in [3.8, 4) is 0 Å². The third-order valence-electron chi connectivity index (χ3n) is 4.11. The van der Waals surface area contributed by atoms with E-state index in [1.165, 1.54) is 17.5 Å². The van der Waals surface area contributed by atoms with E-state index in [9.17, 15) is 0 Å². The molecule has 1 aliphatic rings. The van der Waals surface area contributed by atoms with Gasteiger partial charge in [-0.05, 0) is 34.8 Å². The fraction of sp³-hybridized carbons (Fsp3) is 0.684. The van der Waals surface area contributed by atoms with Crippen LogP contribution >= 0.6 is 0 Å². The van der Waals surface area contributed by atoms with Gasteiger partial charge in [-0.2, -0.15) is 0 Å². The lowest BCUT2D eigenvalue weighted by Crippen LogP contribution is -2.20. The van der Waals surface area contributed by atoms with Crippen LogP contribution in [0.2, 0.25) is 0 Å². The molecule has 0 radical (unpaired) electrons. The molecule has 0 aliphatic carbocycles. The van der Waals surface area contributed by atoms with Gasteiger partial charge in [0.25, 0.3) is 0 Å². The van der Waals surface area contributed by atoms with Gasteiger partial charge in [0.1, 0.15) is 6.10 Å². The maximum absolute atomic E-state index is 5.65. The van der Waals surface area contributed by atoms with E-state index >= 15 is 0 Å². The molecule has 1 aliphatic heterocycles. The second-order valence-electron chi connectivity index (χ2n) is 7.76. The predicted molar refractivity (Wildman–Crippen MR) is 87.5 cm³/mol. The van der Waals surface area contributed by atoms with Crippen LogP contribution in [0.15, 0.2) is 24.3 Å². The van der Waals surface area contributed by atoms with Gasteiger partial charge in [0, 0.05) is 0 Å². The lowest BCUT2D eigenvalue weighted by atomic mass is 9.72. The molecule has 1 fully saturated rings. The minimum atomic E-state index is 0.297. The van der Waals surface area contributed by atoms with Crippen molar-refractivity contribution in [3.63, 3.8) is 0 Å². The Morgan fingerprint density at radius 1 is 1.19 bits per heavy atom. The van der Waals surface area contributed by atoms with Crippen molar-refractivity contribution in [2.75, 3.05) is 13.2 Å². The summed E-state index contributed by atoms with van der Waals surface area (Å²) in [6.45, 7) is 13.9. The van der Waals surface area contributed by atoms with Crippen LogP contribution < -0.4 is 0 Å². The number of hydrogen-bond acceptors (Lipinski definition) is 2. The topological polar surface area (TPSA) is 21.8 Å². The van der Waals surface area contributed by atoms with Crippen LogP contribution in [0, 0.1) is 11.3 Å². The quantitative estimate of drug-likeness (QED) is 0.674. The van der Waals surface area contributed by atoms with E-state index in [1.54, 1.807) is 0 Å².